The average molecular weight is 198 g/mol. The summed E-state index contributed by atoms with van der Waals surface area (Å²) >= 11 is 0. The zero-order valence-electron chi connectivity index (χ0n) is 7.07. The summed E-state index contributed by atoms with van der Waals surface area (Å²) in [4.78, 5) is 0. The minimum atomic E-state index is -2.36. The SMILES string of the molecule is C[C@H]1CC2(CN1)CC(F)(F)C2.Cl. The third-order valence-corrected chi connectivity index (χ3v) is 2.83. The van der Waals surface area contributed by atoms with Crippen LogP contribution in [0.1, 0.15) is 26.2 Å². The first-order valence-corrected chi connectivity index (χ1v) is 4.13. The summed E-state index contributed by atoms with van der Waals surface area (Å²) in [7, 11) is 0. The summed E-state index contributed by atoms with van der Waals surface area (Å²) in [6.07, 6.45) is 1.15. The van der Waals surface area contributed by atoms with Crippen LogP contribution in [0, 0.1) is 5.41 Å². The predicted octanol–water partition coefficient (Wildman–Crippen LogP) is 2.21. The van der Waals surface area contributed by atoms with E-state index in [1.165, 1.54) is 0 Å². The van der Waals surface area contributed by atoms with Crippen molar-refractivity contribution in [3.63, 3.8) is 0 Å². The van der Waals surface area contributed by atoms with Gasteiger partial charge in [-0.1, -0.05) is 0 Å². The van der Waals surface area contributed by atoms with Crippen molar-refractivity contribution in [3.8, 4) is 0 Å². The van der Waals surface area contributed by atoms with Crippen LogP contribution in [0.3, 0.4) is 0 Å². The van der Waals surface area contributed by atoms with Crippen LogP contribution >= 0.6 is 12.4 Å². The third kappa shape index (κ3) is 1.57. The van der Waals surface area contributed by atoms with Crippen LogP contribution in [-0.4, -0.2) is 18.5 Å². The summed E-state index contributed by atoms with van der Waals surface area (Å²) in [5.74, 6) is -2.36. The molecule has 0 bridgehead atoms. The molecule has 4 heteroatoms. The van der Waals surface area contributed by atoms with Gasteiger partial charge in [0.15, 0.2) is 0 Å². The second-order valence-electron chi connectivity index (χ2n) is 4.20. The van der Waals surface area contributed by atoms with E-state index in [4.69, 9.17) is 0 Å². The molecule has 72 valence electrons. The number of halogens is 3. The predicted molar refractivity (Wildman–Crippen MR) is 45.9 cm³/mol. The van der Waals surface area contributed by atoms with Gasteiger partial charge in [-0.15, -0.1) is 12.4 Å². The van der Waals surface area contributed by atoms with Gasteiger partial charge in [0.2, 0.25) is 5.92 Å². The molecular weight excluding hydrogens is 184 g/mol. The Morgan fingerprint density at radius 1 is 1.33 bits per heavy atom. The van der Waals surface area contributed by atoms with Crippen LogP contribution in [0.5, 0.6) is 0 Å². The topological polar surface area (TPSA) is 12.0 Å². The van der Waals surface area contributed by atoms with Crippen LogP contribution in [-0.2, 0) is 0 Å². The van der Waals surface area contributed by atoms with E-state index in [2.05, 4.69) is 12.2 Å². The first kappa shape index (κ1) is 10.2. The Bertz CT molecular complexity index is 176. The summed E-state index contributed by atoms with van der Waals surface area (Å²) in [6, 6.07) is 0.436. The van der Waals surface area contributed by atoms with Gasteiger partial charge in [0.1, 0.15) is 0 Å². The molecule has 1 spiro atoms. The number of hydrogen-bond donors (Lipinski definition) is 1. The van der Waals surface area contributed by atoms with Crippen LogP contribution in [0.4, 0.5) is 8.78 Å². The monoisotopic (exact) mass is 197 g/mol. The van der Waals surface area contributed by atoms with Crippen LogP contribution < -0.4 is 5.32 Å². The van der Waals surface area contributed by atoms with Crippen LogP contribution in [0.25, 0.3) is 0 Å². The molecule has 1 saturated heterocycles. The number of nitrogens with one attached hydrogen (secondary N) is 1. The molecule has 1 nitrogen and oxygen atoms in total. The number of hydrogen-bond acceptors (Lipinski definition) is 1. The summed E-state index contributed by atoms with van der Waals surface area (Å²) < 4.78 is 25.1. The number of alkyl halides is 2. The Kier molecular flexibility index (Phi) is 2.39. The molecule has 0 amide bonds. The molecule has 0 radical (unpaired) electrons. The van der Waals surface area contributed by atoms with Crippen molar-refractivity contribution in [1.82, 2.24) is 5.32 Å². The Labute approximate surface area is 77.3 Å². The van der Waals surface area contributed by atoms with Gasteiger partial charge >= 0.3 is 0 Å². The average Bonchev–Trinajstić information content (AvgIpc) is 2.08. The second kappa shape index (κ2) is 2.81. The van der Waals surface area contributed by atoms with Crippen molar-refractivity contribution >= 4 is 12.4 Å². The van der Waals surface area contributed by atoms with Crippen molar-refractivity contribution in [2.75, 3.05) is 6.54 Å². The van der Waals surface area contributed by atoms with Gasteiger partial charge in [0, 0.05) is 25.4 Å². The van der Waals surface area contributed by atoms with E-state index in [9.17, 15) is 8.78 Å². The molecule has 0 aromatic rings. The smallest absolute Gasteiger partial charge is 0.249 e. The van der Waals surface area contributed by atoms with Gasteiger partial charge in [-0.05, 0) is 18.8 Å². The zero-order chi connectivity index (χ0) is 8.11. The van der Waals surface area contributed by atoms with Gasteiger partial charge in [-0.25, -0.2) is 8.78 Å². The molecule has 1 N–H and O–H groups in total. The van der Waals surface area contributed by atoms with Gasteiger partial charge in [0.25, 0.3) is 0 Å². The molecule has 0 unspecified atom stereocenters. The van der Waals surface area contributed by atoms with E-state index in [1.807, 2.05) is 0 Å². The quantitative estimate of drug-likeness (QED) is 0.628. The maximum Gasteiger partial charge on any atom is 0.249 e. The van der Waals surface area contributed by atoms with Gasteiger partial charge < -0.3 is 5.32 Å². The highest BCUT2D eigenvalue weighted by atomic mass is 35.5. The van der Waals surface area contributed by atoms with Gasteiger partial charge in [0.05, 0.1) is 0 Å². The highest BCUT2D eigenvalue weighted by molar-refractivity contribution is 5.85. The van der Waals surface area contributed by atoms with Gasteiger partial charge in [-0.3, -0.25) is 0 Å². The van der Waals surface area contributed by atoms with Crippen molar-refractivity contribution in [1.29, 1.82) is 0 Å². The Hall–Kier alpha value is 0.110. The normalized spacial score (nSPS) is 35.8. The third-order valence-electron chi connectivity index (χ3n) is 2.83. The van der Waals surface area contributed by atoms with Crippen molar-refractivity contribution in [3.05, 3.63) is 0 Å². The number of rotatable bonds is 0. The fraction of sp³-hybridized carbons (Fsp3) is 1.00. The maximum absolute atomic E-state index is 12.5. The van der Waals surface area contributed by atoms with E-state index < -0.39 is 5.92 Å². The Morgan fingerprint density at radius 3 is 2.25 bits per heavy atom. The molecule has 1 aliphatic heterocycles. The molecule has 0 aromatic carbocycles. The van der Waals surface area contributed by atoms with E-state index in [0.717, 1.165) is 13.0 Å². The fourth-order valence-corrected chi connectivity index (χ4v) is 2.50. The molecule has 1 saturated carbocycles. The molecule has 2 aliphatic rings. The molecule has 2 rings (SSSR count). The zero-order valence-corrected chi connectivity index (χ0v) is 7.89. The first-order chi connectivity index (χ1) is 5.02. The standard InChI is InChI=1S/C8H13F2N.ClH/c1-6-2-7(5-11-6)3-8(9,10)4-7;/h6,11H,2-5H2,1H3;1H/t6-;/m0./s1. The van der Waals surface area contributed by atoms with Crippen molar-refractivity contribution in [2.24, 2.45) is 5.41 Å². The van der Waals surface area contributed by atoms with Crippen LogP contribution in [0.15, 0.2) is 0 Å². The minimum absolute atomic E-state index is 0. The van der Waals surface area contributed by atoms with Gasteiger partial charge in [-0.2, -0.15) is 0 Å². The van der Waals surface area contributed by atoms with E-state index in [1.54, 1.807) is 0 Å². The minimum Gasteiger partial charge on any atom is -0.314 e. The molecule has 2 fully saturated rings. The van der Waals surface area contributed by atoms with E-state index in [0.29, 0.717) is 6.04 Å². The second-order valence-corrected chi connectivity index (χ2v) is 4.20. The van der Waals surface area contributed by atoms with Crippen molar-refractivity contribution in [2.45, 2.75) is 38.2 Å². The molecule has 0 aromatic heterocycles. The molecular formula is C8H14ClF2N. The van der Waals surface area contributed by atoms with Crippen LogP contribution in [0.2, 0.25) is 0 Å². The molecule has 1 atom stereocenters. The maximum atomic E-state index is 12.5. The van der Waals surface area contributed by atoms with E-state index >= 15 is 0 Å². The van der Waals surface area contributed by atoms with E-state index in [-0.39, 0.29) is 30.7 Å². The molecule has 1 aliphatic carbocycles. The lowest BCUT2D eigenvalue weighted by molar-refractivity contribution is -0.153. The lowest BCUT2D eigenvalue weighted by Crippen LogP contribution is -2.47. The largest absolute Gasteiger partial charge is 0.314 e. The first-order valence-electron chi connectivity index (χ1n) is 4.13. The fourth-order valence-electron chi connectivity index (χ4n) is 2.50. The highest BCUT2D eigenvalue weighted by Crippen LogP contribution is 2.55. The summed E-state index contributed by atoms with van der Waals surface area (Å²) in [5.41, 5.74) is -0.0388. The van der Waals surface area contributed by atoms with Crippen molar-refractivity contribution < 1.29 is 8.78 Å². The molecule has 1 heterocycles. The highest BCUT2D eigenvalue weighted by Gasteiger charge is 2.58. The Morgan fingerprint density at radius 2 is 1.92 bits per heavy atom. The molecule has 12 heavy (non-hydrogen) atoms. The lowest BCUT2D eigenvalue weighted by Gasteiger charge is -2.44. The summed E-state index contributed by atoms with van der Waals surface area (Å²) in [6.45, 7) is 2.86. The summed E-state index contributed by atoms with van der Waals surface area (Å²) in [5, 5.41) is 3.22. The lowest BCUT2D eigenvalue weighted by atomic mass is 9.65. The Balaban J connectivity index is 0.000000720.